The topological polar surface area (TPSA) is 76.1 Å². The lowest BCUT2D eigenvalue weighted by molar-refractivity contribution is -0.140. The summed E-state index contributed by atoms with van der Waals surface area (Å²) in [6, 6.07) is 40.4. The van der Waals surface area contributed by atoms with Crippen molar-refractivity contribution in [2.24, 2.45) is 0 Å². The first kappa shape index (κ1) is 29.4. The Labute approximate surface area is 268 Å². The highest BCUT2D eigenvalue weighted by molar-refractivity contribution is 6.13. The molecule has 0 aliphatic carbocycles. The molecule has 2 aliphatic rings. The van der Waals surface area contributed by atoms with Crippen LogP contribution in [0.2, 0.25) is 0 Å². The van der Waals surface area contributed by atoms with Crippen molar-refractivity contribution >= 4 is 17.6 Å². The highest BCUT2D eigenvalue weighted by Gasteiger charge is 2.57. The van der Waals surface area contributed by atoms with Gasteiger partial charge in [-0.2, -0.15) is 0 Å². The molecule has 0 saturated heterocycles. The Morgan fingerprint density at radius 3 is 2.04 bits per heavy atom. The van der Waals surface area contributed by atoms with E-state index in [4.69, 9.17) is 9.47 Å². The van der Waals surface area contributed by atoms with Crippen LogP contribution in [0.25, 0.3) is 0 Å². The SMILES string of the molecule is CC1(C)Cc2cc(C3(CC(=O)O)C(=O)N(C(c4ccccc4)c4ccccc4)c4ccccc43)c(OCc3ccccc3)cc2O1. The molecule has 0 aromatic heterocycles. The van der Waals surface area contributed by atoms with E-state index in [9.17, 15) is 9.90 Å². The van der Waals surface area contributed by atoms with Crippen LogP contribution in [-0.2, 0) is 28.0 Å². The predicted octanol–water partition coefficient (Wildman–Crippen LogP) is 7.88. The molecule has 46 heavy (non-hydrogen) atoms. The molecule has 6 heteroatoms. The molecule has 0 bridgehead atoms. The molecule has 5 aromatic rings. The summed E-state index contributed by atoms with van der Waals surface area (Å²) in [5.74, 6) is -0.268. The van der Waals surface area contributed by atoms with E-state index in [2.05, 4.69) is 0 Å². The van der Waals surface area contributed by atoms with Gasteiger partial charge in [0, 0.05) is 23.7 Å². The average molecular weight is 610 g/mol. The number of carboxylic acids is 1. The maximum absolute atomic E-state index is 15.4. The van der Waals surface area contributed by atoms with Crippen molar-refractivity contribution < 1.29 is 24.2 Å². The Kier molecular flexibility index (Phi) is 7.36. The van der Waals surface area contributed by atoms with Crippen LogP contribution in [-0.4, -0.2) is 22.6 Å². The van der Waals surface area contributed by atoms with E-state index in [1.807, 2.05) is 141 Å². The minimum atomic E-state index is -1.56. The van der Waals surface area contributed by atoms with Crippen molar-refractivity contribution in [3.63, 3.8) is 0 Å². The molecule has 1 amide bonds. The van der Waals surface area contributed by atoms with Gasteiger partial charge < -0.3 is 14.6 Å². The zero-order chi connectivity index (χ0) is 31.9. The molecule has 1 atom stereocenters. The lowest BCUT2D eigenvalue weighted by Gasteiger charge is -2.33. The molecular formula is C40H35NO5. The van der Waals surface area contributed by atoms with E-state index in [-0.39, 0.29) is 12.5 Å². The normalized spacial score (nSPS) is 17.8. The number of hydrogen-bond acceptors (Lipinski definition) is 4. The van der Waals surface area contributed by atoms with E-state index in [0.717, 1.165) is 22.3 Å². The van der Waals surface area contributed by atoms with Gasteiger partial charge >= 0.3 is 5.97 Å². The van der Waals surface area contributed by atoms with Gasteiger partial charge in [-0.3, -0.25) is 14.5 Å². The van der Waals surface area contributed by atoms with Crippen molar-refractivity contribution in [2.45, 2.75) is 50.4 Å². The summed E-state index contributed by atoms with van der Waals surface area (Å²) in [5.41, 5.74) is 3.56. The Bertz CT molecular complexity index is 1870. The number of fused-ring (bicyclic) bond motifs is 2. The monoisotopic (exact) mass is 609 g/mol. The van der Waals surface area contributed by atoms with Gasteiger partial charge in [-0.05, 0) is 53.8 Å². The van der Waals surface area contributed by atoms with Crippen LogP contribution in [0.4, 0.5) is 5.69 Å². The van der Waals surface area contributed by atoms with E-state index in [1.54, 1.807) is 4.90 Å². The van der Waals surface area contributed by atoms with Crippen LogP contribution >= 0.6 is 0 Å². The lowest BCUT2D eigenvalue weighted by atomic mass is 9.71. The Morgan fingerprint density at radius 1 is 0.826 bits per heavy atom. The summed E-state index contributed by atoms with van der Waals surface area (Å²) in [6.07, 6.45) is 0.175. The molecule has 0 radical (unpaired) electrons. The molecule has 6 nitrogen and oxygen atoms in total. The summed E-state index contributed by atoms with van der Waals surface area (Å²) >= 11 is 0. The number of aliphatic carboxylic acids is 1. The molecule has 7 rings (SSSR count). The van der Waals surface area contributed by atoms with E-state index in [1.165, 1.54) is 0 Å². The first-order chi connectivity index (χ1) is 22.3. The molecule has 230 valence electrons. The van der Waals surface area contributed by atoms with Gasteiger partial charge in [-0.25, -0.2) is 0 Å². The Hall–Kier alpha value is -5.36. The Balaban J connectivity index is 1.46. The van der Waals surface area contributed by atoms with Gasteiger partial charge in [0.25, 0.3) is 0 Å². The van der Waals surface area contributed by atoms with Gasteiger partial charge in [0.2, 0.25) is 5.91 Å². The van der Waals surface area contributed by atoms with Crippen LogP contribution in [0.5, 0.6) is 11.5 Å². The molecule has 1 unspecified atom stereocenters. The van der Waals surface area contributed by atoms with E-state index in [0.29, 0.717) is 34.7 Å². The van der Waals surface area contributed by atoms with Crippen molar-refractivity contribution in [1.29, 1.82) is 0 Å². The maximum atomic E-state index is 15.4. The highest BCUT2D eigenvalue weighted by atomic mass is 16.5. The molecule has 1 N–H and O–H groups in total. The molecule has 2 heterocycles. The molecule has 0 spiro atoms. The highest BCUT2D eigenvalue weighted by Crippen LogP contribution is 2.55. The van der Waals surface area contributed by atoms with Crippen LogP contribution in [0.3, 0.4) is 0 Å². The number of benzene rings is 5. The van der Waals surface area contributed by atoms with Gasteiger partial charge in [0.15, 0.2) is 0 Å². The minimum Gasteiger partial charge on any atom is -0.488 e. The lowest BCUT2D eigenvalue weighted by Crippen LogP contribution is -2.44. The summed E-state index contributed by atoms with van der Waals surface area (Å²) in [6.45, 7) is 4.29. The number of carbonyl (C=O) groups excluding carboxylic acids is 1. The fraction of sp³-hybridized carbons (Fsp3) is 0.200. The van der Waals surface area contributed by atoms with Gasteiger partial charge in [-0.1, -0.05) is 109 Å². The maximum Gasteiger partial charge on any atom is 0.305 e. The number of para-hydroxylation sites is 1. The molecule has 2 aliphatic heterocycles. The summed E-state index contributed by atoms with van der Waals surface area (Å²) in [5, 5.41) is 10.5. The summed E-state index contributed by atoms with van der Waals surface area (Å²) in [7, 11) is 0. The predicted molar refractivity (Wildman–Crippen MR) is 177 cm³/mol. The number of rotatable bonds is 9. The number of hydrogen-bond donors (Lipinski definition) is 1. The summed E-state index contributed by atoms with van der Waals surface area (Å²) < 4.78 is 12.8. The van der Waals surface area contributed by atoms with E-state index < -0.39 is 29.4 Å². The van der Waals surface area contributed by atoms with Gasteiger partial charge in [0.1, 0.15) is 29.1 Å². The Morgan fingerprint density at radius 2 is 1.41 bits per heavy atom. The average Bonchev–Trinajstić information content (AvgIpc) is 3.50. The smallest absolute Gasteiger partial charge is 0.305 e. The number of ether oxygens (including phenoxy) is 2. The van der Waals surface area contributed by atoms with Crippen molar-refractivity contribution in [3.8, 4) is 11.5 Å². The van der Waals surface area contributed by atoms with Gasteiger partial charge in [-0.15, -0.1) is 0 Å². The van der Waals surface area contributed by atoms with Crippen LogP contribution in [0.15, 0.2) is 127 Å². The summed E-state index contributed by atoms with van der Waals surface area (Å²) in [4.78, 5) is 30.1. The molecule has 0 saturated carbocycles. The first-order valence-electron chi connectivity index (χ1n) is 15.5. The standard InChI is InChI=1S/C40H35NO5/c1-39(2)24-30-22-32(35(23-34(30)46-39)45-26-27-14-6-3-7-15-27)40(25-36(42)43)31-20-12-13-21-33(31)41(38(40)44)37(28-16-8-4-9-17-28)29-18-10-5-11-19-29/h3-23,37H,24-26H2,1-2H3,(H,42,43). The number of carbonyl (C=O) groups is 2. The van der Waals surface area contributed by atoms with Crippen LogP contribution in [0.1, 0.15) is 59.7 Å². The quantitative estimate of drug-likeness (QED) is 0.184. The largest absolute Gasteiger partial charge is 0.488 e. The van der Waals surface area contributed by atoms with Crippen molar-refractivity contribution in [1.82, 2.24) is 0 Å². The molecule has 5 aromatic carbocycles. The third-order valence-electron chi connectivity index (χ3n) is 8.97. The molecular weight excluding hydrogens is 574 g/mol. The number of amides is 1. The second kappa shape index (κ2) is 11.5. The van der Waals surface area contributed by atoms with Gasteiger partial charge in [0.05, 0.1) is 12.5 Å². The molecule has 0 fully saturated rings. The number of nitrogens with zero attached hydrogens (tertiary/aromatic N) is 1. The fourth-order valence-electron chi connectivity index (χ4n) is 7.07. The van der Waals surface area contributed by atoms with Crippen LogP contribution < -0.4 is 14.4 Å². The third kappa shape index (κ3) is 5.10. The first-order valence-corrected chi connectivity index (χ1v) is 15.5. The van der Waals surface area contributed by atoms with Crippen molar-refractivity contribution in [2.75, 3.05) is 4.90 Å². The second-order valence-corrected chi connectivity index (χ2v) is 12.7. The number of carboxylic acid groups (broad SMARTS) is 1. The second-order valence-electron chi connectivity index (χ2n) is 12.7. The fourth-order valence-corrected chi connectivity index (χ4v) is 7.07. The van der Waals surface area contributed by atoms with Crippen LogP contribution in [0, 0.1) is 0 Å². The van der Waals surface area contributed by atoms with E-state index >= 15 is 4.79 Å². The minimum absolute atomic E-state index is 0.245. The zero-order valence-corrected chi connectivity index (χ0v) is 25.9. The van der Waals surface area contributed by atoms with Crippen molar-refractivity contribution in [3.05, 3.63) is 161 Å². The number of anilines is 1. The third-order valence-corrected chi connectivity index (χ3v) is 8.97. The zero-order valence-electron chi connectivity index (χ0n) is 25.9.